The summed E-state index contributed by atoms with van der Waals surface area (Å²) in [4.78, 5) is 26.4. The van der Waals surface area contributed by atoms with E-state index in [1.165, 1.54) is 0 Å². The molecule has 0 bridgehead atoms. The van der Waals surface area contributed by atoms with Crippen LogP contribution in [0.3, 0.4) is 0 Å². The number of aromatic nitrogens is 2. The number of rotatable bonds is 5. The summed E-state index contributed by atoms with van der Waals surface area (Å²) in [6, 6.07) is 9.53. The number of carbonyl (C=O) groups is 2. The van der Waals surface area contributed by atoms with Gasteiger partial charge in [-0.15, -0.1) is 0 Å². The molecule has 1 aliphatic heterocycles. The van der Waals surface area contributed by atoms with Crippen LogP contribution < -0.4 is 5.32 Å². The molecule has 0 aliphatic carbocycles. The fourth-order valence-corrected chi connectivity index (χ4v) is 2.99. The lowest BCUT2D eigenvalue weighted by Gasteiger charge is -2.25. The Bertz CT molecular complexity index is 739. The van der Waals surface area contributed by atoms with E-state index in [0.29, 0.717) is 18.5 Å². The van der Waals surface area contributed by atoms with Crippen LogP contribution in [-0.2, 0) is 11.8 Å². The lowest BCUT2D eigenvalue weighted by Crippen LogP contribution is -2.38. The number of likely N-dealkylation sites (tertiary alicyclic amines) is 1. The van der Waals surface area contributed by atoms with Crippen LogP contribution in [-0.4, -0.2) is 39.6 Å². The molecule has 1 saturated heterocycles. The maximum absolute atomic E-state index is 12.6. The molecule has 0 radical (unpaired) electrons. The van der Waals surface area contributed by atoms with E-state index in [2.05, 4.69) is 10.4 Å². The van der Waals surface area contributed by atoms with Crippen molar-refractivity contribution >= 4 is 11.8 Å². The average Bonchev–Trinajstić information content (AvgIpc) is 3.14. The molecule has 2 aromatic rings. The monoisotopic (exact) mass is 326 g/mol. The molecule has 1 N–H and O–H groups in total. The van der Waals surface area contributed by atoms with Crippen molar-refractivity contribution < 1.29 is 9.59 Å². The number of aryl methyl sites for hydroxylation is 1. The number of hydrogen-bond acceptors (Lipinski definition) is 3. The van der Waals surface area contributed by atoms with Gasteiger partial charge in [0.1, 0.15) is 0 Å². The second-order valence-electron chi connectivity index (χ2n) is 6.15. The number of nitrogens with one attached hydrogen (secondary N) is 1. The van der Waals surface area contributed by atoms with Crippen molar-refractivity contribution in [2.75, 3.05) is 13.1 Å². The van der Waals surface area contributed by atoms with E-state index >= 15 is 0 Å². The predicted molar refractivity (Wildman–Crippen MR) is 90.4 cm³/mol. The molecule has 1 aliphatic rings. The fourth-order valence-electron chi connectivity index (χ4n) is 2.99. The quantitative estimate of drug-likeness (QED) is 0.911. The maximum Gasteiger partial charge on any atom is 0.255 e. The van der Waals surface area contributed by atoms with Gasteiger partial charge in [0.15, 0.2) is 0 Å². The van der Waals surface area contributed by atoms with Crippen molar-refractivity contribution in [2.24, 2.45) is 7.05 Å². The van der Waals surface area contributed by atoms with Crippen molar-refractivity contribution in [2.45, 2.75) is 25.8 Å². The molecule has 6 heteroatoms. The van der Waals surface area contributed by atoms with E-state index in [1.807, 2.05) is 49.2 Å². The maximum atomic E-state index is 12.6. The highest BCUT2D eigenvalue weighted by Crippen LogP contribution is 2.19. The van der Waals surface area contributed by atoms with E-state index in [4.69, 9.17) is 0 Å². The molecule has 2 amide bonds. The van der Waals surface area contributed by atoms with Crippen molar-refractivity contribution in [3.8, 4) is 0 Å². The minimum atomic E-state index is -0.236. The Hall–Kier alpha value is -2.63. The Kier molecular flexibility index (Phi) is 4.64. The topological polar surface area (TPSA) is 67.2 Å². The predicted octanol–water partition coefficient (Wildman–Crippen LogP) is 1.82. The summed E-state index contributed by atoms with van der Waals surface area (Å²) in [7, 11) is 1.81. The largest absolute Gasteiger partial charge is 0.343 e. The van der Waals surface area contributed by atoms with Gasteiger partial charge in [0.25, 0.3) is 5.91 Å². The molecule has 0 saturated carbocycles. The first kappa shape index (κ1) is 16.2. The van der Waals surface area contributed by atoms with Crippen molar-refractivity contribution in [3.63, 3.8) is 0 Å². The van der Waals surface area contributed by atoms with Crippen LogP contribution >= 0.6 is 0 Å². The van der Waals surface area contributed by atoms with Crippen LogP contribution in [0.1, 0.15) is 40.5 Å². The van der Waals surface area contributed by atoms with Crippen molar-refractivity contribution in [1.82, 2.24) is 20.0 Å². The molecule has 1 aromatic heterocycles. The molecule has 1 aromatic carbocycles. The van der Waals surface area contributed by atoms with Gasteiger partial charge in [-0.1, -0.05) is 30.3 Å². The van der Waals surface area contributed by atoms with E-state index in [0.717, 1.165) is 24.2 Å². The third-order valence-electron chi connectivity index (χ3n) is 4.56. The van der Waals surface area contributed by atoms with E-state index in [1.54, 1.807) is 10.9 Å². The van der Waals surface area contributed by atoms with Crippen LogP contribution in [0, 0.1) is 6.92 Å². The highest BCUT2D eigenvalue weighted by Gasteiger charge is 2.26. The molecule has 2 heterocycles. The van der Waals surface area contributed by atoms with E-state index in [9.17, 15) is 9.59 Å². The van der Waals surface area contributed by atoms with Crippen LogP contribution in [0.5, 0.6) is 0 Å². The molecule has 1 fully saturated rings. The Morgan fingerprint density at radius 2 is 2.08 bits per heavy atom. The number of nitrogens with zero attached hydrogens (tertiary/aromatic N) is 3. The summed E-state index contributed by atoms with van der Waals surface area (Å²) in [5.41, 5.74) is 2.37. The van der Waals surface area contributed by atoms with Crippen molar-refractivity contribution in [1.29, 1.82) is 0 Å². The lowest BCUT2D eigenvalue weighted by atomic mass is 10.1. The molecule has 0 unspecified atom stereocenters. The summed E-state index contributed by atoms with van der Waals surface area (Å²) in [6.07, 6.45) is 3.06. The van der Waals surface area contributed by atoms with Gasteiger partial charge in [-0.3, -0.25) is 14.3 Å². The van der Waals surface area contributed by atoms with Crippen LogP contribution in [0.2, 0.25) is 0 Å². The van der Waals surface area contributed by atoms with E-state index < -0.39 is 0 Å². The second kappa shape index (κ2) is 6.86. The third-order valence-corrected chi connectivity index (χ3v) is 4.56. The number of amides is 2. The van der Waals surface area contributed by atoms with Gasteiger partial charge in [-0.2, -0.15) is 5.10 Å². The third kappa shape index (κ3) is 3.32. The highest BCUT2D eigenvalue weighted by molar-refractivity contribution is 5.95. The molecule has 0 spiro atoms. The summed E-state index contributed by atoms with van der Waals surface area (Å²) in [5, 5.41) is 7.19. The summed E-state index contributed by atoms with van der Waals surface area (Å²) < 4.78 is 1.68. The zero-order valence-corrected chi connectivity index (χ0v) is 14.0. The van der Waals surface area contributed by atoms with Gasteiger partial charge in [0, 0.05) is 32.3 Å². The first-order chi connectivity index (χ1) is 11.6. The molecule has 1 atom stereocenters. The number of benzene rings is 1. The summed E-state index contributed by atoms with van der Waals surface area (Å²) in [6.45, 7) is 3.11. The number of carbonyl (C=O) groups excluding carboxylic acids is 2. The van der Waals surface area contributed by atoms with Gasteiger partial charge < -0.3 is 10.2 Å². The first-order valence-electron chi connectivity index (χ1n) is 8.18. The molecular weight excluding hydrogens is 304 g/mol. The summed E-state index contributed by atoms with van der Waals surface area (Å²) >= 11 is 0. The lowest BCUT2D eigenvalue weighted by molar-refractivity contribution is -0.128. The smallest absolute Gasteiger partial charge is 0.255 e. The van der Waals surface area contributed by atoms with Crippen LogP contribution in [0.4, 0.5) is 0 Å². The minimum absolute atomic E-state index is 0.155. The van der Waals surface area contributed by atoms with Gasteiger partial charge >= 0.3 is 0 Å². The Morgan fingerprint density at radius 1 is 1.33 bits per heavy atom. The first-order valence-corrected chi connectivity index (χ1v) is 8.18. The minimum Gasteiger partial charge on any atom is -0.343 e. The van der Waals surface area contributed by atoms with Gasteiger partial charge in [-0.25, -0.2) is 0 Å². The molecular formula is C18H22N4O2. The summed E-state index contributed by atoms with van der Waals surface area (Å²) in [5.74, 6) is -0.0103. The van der Waals surface area contributed by atoms with Crippen molar-refractivity contribution in [3.05, 3.63) is 53.3 Å². The van der Waals surface area contributed by atoms with Crippen LogP contribution in [0.25, 0.3) is 0 Å². The Morgan fingerprint density at radius 3 is 2.67 bits per heavy atom. The standard InChI is InChI=1S/C18H22N4O2/c1-13-15(11-19-21(13)2)18(24)20-16(14-7-4-3-5-8-14)12-22-10-6-9-17(22)23/h3-5,7-8,11,16H,6,9-10,12H2,1-2H3,(H,20,24)/t16-/m1/s1. The highest BCUT2D eigenvalue weighted by atomic mass is 16.2. The number of hydrogen-bond donors (Lipinski definition) is 1. The second-order valence-corrected chi connectivity index (χ2v) is 6.15. The Labute approximate surface area is 141 Å². The molecule has 126 valence electrons. The fraction of sp³-hybridized carbons (Fsp3) is 0.389. The SMILES string of the molecule is Cc1c(C(=O)N[C@H](CN2CCCC2=O)c2ccccc2)cnn1C. The zero-order chi connectivity index (χ0) is 17.1. The zero-order valence-electron chi connectivity index (χ0n) is 14.0. The van der Waals surface area contributed by atoms with Gasteiger partial charge in [0.05, 0.1) is 17.8 Å². The molecule has 6 nitrogen and oxygen atoms in total. The van der Waals surface area contributed by atoms with Crippen LogP contribution in [0.15, 0.2) is 36.5 Å². The van der Waals surface area contributed by atoms with Gasteiger partial charge in [-0.05, 0) is 18.9 Å². The average molecular weight is 326 g/mol. The molecule has 24 heavy (non-hydrogen) atoms. The normalized spacial score (nSPS) is 15.6. The Balaban J connectivity index is 1.80. The van der Waals surface area contributed by atoms with Gasteiger partial charge in [0.2, 0.25) is 5.91 Å². The molecule has 3 rings (SSSR count). The van der Waals surface area contributed by atoms with E-state index in [-0.39, 0.29) is 17.9 Å².